The number of rotatable bonds is 6. The average Bonchev–Trinajstić information content (AvgIpc) is 3.17. The highest BCUT2D eigenvalue weighted by Gasteiger charge is 2.20. The van der Waals surface area contributed by atoms with Crippen molar-refractivity contribution in [2.24, 2.45) is 0 Å². The molecule has 0 bridgehead atoms. The lowest BCUT2D eigenvalue weighted by Gasteiger charge is -2.28. The standard InChI is InChI=1S/C25H28N4O4/c1-17-16-18(2)29(27-17)23-8-4-20(5-9-23)25(31)33-19(3)24(30)26-21-6-10-22(11-7-21)28-12-14-32-15-13-28/h4-11,16,19H,12-15H2,1-3H3,(H,26,30). The SMILES string of the molecule is Cc1cc(C)n(-c2ccc(C(=O)OC(C)C(=O)Nc3ccc(N4CCOCC4)cc3)cc2)n1. The molecule has 0 radical (unpaired) electrons. The Kier molecular flexibility index (Phi) is 6.74. The number of hydrogen-bond donors (Lipinski definition) is 1. The van der Waals surface area contributed by atoms with E-state index in [4.69, 9.17) is 9.47 Å². The first-order chi connectivity index (χ1) is 15.9. The van der Waals surface area contributed by atoms with Crippen LogP contribution in [0.15, 0.2) is 54.6 Å². The summed E-state index contributed by atoms with van der Waals surface area (Å²) in [5, 5.41) is 7.23. The second-order valence-corrected chi connectivity index (χ2v) is 8.07. The summed E-state index contributed by atoms with van der Waals surface area (Å²) in [5.74, 6) is -0.943. The quantitative estimate of drug-likeness (QED) is 0.581. The predicted octanol–water partition coefficient (Wildman–Crippen LogP) is 3.51. The van der Waals surface area contributed by atoms with Crippen molar-refractivity contribution in [2.75, 3.05) is 36.5 Å². The summed E-state index contributed by atoms with van der Waals surface area (Å²) in [4.78, 5) is 27.3. The number of amides is 1. The van der Waals surface area contributed by atoms with Crippen LogP contribution in [0, 0.1) is 13.8 Å². The minimum absolute atomic E-state index is 0.370. The summed E-state index contributed by atoms with van der Waals surface area (Å²) in [6, 6.07) is 16.5. The predicted molar refractivity (Wildman–Crippen MR) is 126 cm³/mol. The molecule has 1 aliphatic heterocycles. The second-order valence-electron chi connectivity index (χ2n) is 8.07. The molecule has 0 saturated carbocycles. The number of ether oxygens (including phenoxy) is 2. The molecule has 2 heterocycles. The highest BCUT2D eigenvalue weighted by Crippen LogP contribution is 2.19. The van der Waals surface area contributed by atoms with E-state index in [2.05, 4.69) is 15.3 Å². The summed E-state index contributed by atoms with van der Waals surface area (Å²) in [6.45, 7) is 8.58. The van der Waals surface area contributed by atoms with Gasteiger partial charge >= 0.3 is 5.97 Å². The molecule has 1 atom stereocenters. The van der Waals surface area contributed by atoms with Gasteiger partial charge in [0.05, 0.1) is 30.2 Å². The van der Waals surface area contributed by atoms with Crippen molar-refractivity contribution in [3.63, 3.8) is 0 Å². The van der Waals surface area contributed by atoms with Crippen molar-refractivity contribution in [1.82, 2.24) is 9.78 Å². The lowest BCUT2D eigenvalue weighted by Crippen LogP contribution is -2.36. The van der Waals surface area contributed by atoms with Gasteiger partial charge in [0.2, 0.25) is 0 Å². The number of esters is 1. The first kappa shape index (κ1) is 22.5. The number of aromatic nitrogens is 2. The number of nitrogens with one attached hydrogen (secondary N) is 1. The van der Waals surface area contributed by atoms with E-state index in [-0.39, 0.29) is 5.91 Å². The lowest BCUT2D eigenvalue weighted by atomic mass is 10.2. The number of nitrogens with zero attached hydrogens (tertiary/aromatic N) is 3. The van der Waals surface area contributed by atoms with Gasteiger partial charge in [0, 0.05) is 30.2 Å². The highest BCUT2D eigenvalue weighted by molar-refractivity contribution is 5.97. The van der Waals surface area contributed by atoms with Crippen LogP contribution in [0.25, 0.3) is 5.69 Å². The largest absolute Gasteiger partial charge is 0.449 e. The third kappa shape index (κ3) is 5.40. The fourth-order valence-electron chi connectivity index (χ4n) is 3.73. The Labute approximate surface area is 193 Å². The number of carbonyl (C=O) groups excluding carboxylic acids is 2. The summed E-state index contributed by atoms with van der Waals surface area (Å²) in [7, 11) is 0. The summed E-state index contributed by atoms with van der Waals surface area (Å²) in [5.41, 5.74) is 4.88. The Morgan fingerprint density at radius 3 is 2.24 bits per heavy atom. The smallest absolute Gasteiger partial charge is 0.338 e. The average molecular weight is 449 g/mol. The molecule has 0 aliphatic carbocycles. The van der Waals surface area contributed by atoms with Gasteiger partial charge in [-0.3, -0.25) is 4.79 Å². The van der Waals surface area contributed by atoms with Gasteiger partial charge in [-0.1, -0.05) is 0 Å². The van der Waals surface area contributed by atoms with Gasteiger partial charge in [-0.2, -0.15) is 5.10 Å². The zero-order valence-corrected chi connectivity index (χ0v) is 19.1. The van der Waals surface area contributed by atoms with Crippen LogP contribution in [-0.2, 0) is 14.3 Å². The van der Waals surface area contributed by atoms with Crippen LogP contribution in [0.1, 0.15) is 28.7 Å². The number of anilines is 2. The van der Waals surface area contributed by atoms with Crippen molar-refractivity contribution >= 4 is 23.3 Å². The van der Waals surface area contributed by atoms with E-state index in [9.17, 15) is 9.59 Å². The molecule has 1 fully saturated rings. The number of hydrogen-bond acceptors (Lipinski definition) is 6. The van der Waals surface area contributed by atoms with E-state index in [0.717, 1.165) is 35.9 Å². The van der Waals surface area contributed by atoms with E-state index in [1.54, 1.807) is 31.2 Å². The maximum Gasteiger partial charge on any atom is 0.338 e. The molecule has 3 aromatic rings. The molecule has 4 rings (SSSR count). The minimum Gasteiger partial charge on any atom is -0.449 e. The van der Waals surface area contributed by atoms with Crippen LogP contribution in [0.2, 0.25) is 0 Å². The first-order valence-corrected chi connectivity index (χ1v) is 11.0. The Morgan fingerprint density at radius 1 is 1.00 bits per heavy atom. The lowest BCUT2D eigenvalue weighted by molar-refractivity contribution is -0.123. The van der Waals surface area contributed by atoms with Gasteiger partial charge in [0.1, 0.15) is 0 Å². The van der Waals surface area contributed by atoms with Crippen LogP contribution in [-0.4, -0.2) is 54.1 Å². The van der Waals surface area contributed by atoms with E-state index in [1.807, 2.05) is 48.9 Å². The van der Waals surface area contributed by atoms with Gasteiger partial charge in [-0.05, 0) is 75.4 Å². The second kappa shape index (κ2) is 9.87. The third-order valence-electron chi connectivity index (χ3n) is 5.52. The molecule has 1 amide bonds. The van der Waals surface area contributed by atoms with Gasteiger partial charge in [-0.25, -0.2) is 9.48 Å². The number of aryl methyl sites for hydroxylation is 2. The third-order valence-corrected chi connectivity index (χ3v) is 5.52. The van der Waals surface area contributed by atoms with Crippen molar-refractivity contribution in [2.45, 2.75) is 26.9 Å². The van der Waals surface area contributed by atoms with Gasteiger partial charge in [-0.15, -0.1) is 0 Å². The molecule has 8 heteroatoms. The van der Waals surface area contributed by atoms with E-state index < -0.39 is 12.1 Å². The van der Waals surface area contributed by atoms with Crippen molar-refractivity contribution in [1.29, 1.82) is 0 Å². The number of benzene rings is 2. The van der Waals surface area contributed by atoms with Crippen LogP contribution in [0.4, 0.5) is 11.4 Å². The molecule has 0 spiro atoms. The molecule has 1 aliphatic rings. The van der Waals surface area contributed by atoms with Crippen LogP contribution < -0.4 is 10.2 Å². The van der Waals surface area contributed by atoms with E-state index in [1.165, 1.54) is 0 Å². The van der Waals surface area contributed by atoms with E-state index in [0.29, 0.717) is 24.5 Å². The van der Waals surface area contributed by atoms with Crippen LogP contribution >= 0.6 is 0 Å². The Balaban J connectivity index is 1.32. The maximum absolute atomic E-state index is 12.5. The Morgan fingerprint density at radius 2 is 1.64 bits per heavy atom. The molecule has 1 N–H and O–H groups in total. The van der Waals surface area contributed by atoms with Gasteiger partial charge in [0.25, 0.3) is 5.91 Å². The number of carbonyl (C=O) groups is 2. The van der Waals surface area contributed by atoms with Crippen molar-refractivity contribution in [3.8, 4) is 5.69 Å². The van der Waals surface area contributed by atoms with Crippen LogP contribution in [0.5, 0.6) is 0 Å². The summed E-state index contributed by atoms with van der Waals surface area (Å²) >= 11 is 0. The normalized spacial score (nSPS) is 14.6. The maximum atomic E-state index is 12.5. The fourth-order valence-corrected chi connectivity index (χ4v) is 3.73. The molecule has 1 saturated heterocycles. The van der Waals surface area contributed by atoms with Crippen molar-refractivity contribution in [3.05, 3.63) is 71.5 Å². The highest BCUT2D eigenvalue weighted by atomic mass is 16.5. The zero-order valence-electron chi connectivity index (χ0n) is 19.1. The summed E-state index contributed by atoms with van der Waals surface area (Å²) < 4.78 is 12.6. The van der Waals surface area contributed by atoms with Gasteiger partial charge < -0.3 is 19.7 Å². The van der Waals surface area contributed by atoms with Crippen molar-refractivity contribution < 1.29 is 19.1 Å². The number of morpholine rings is 1. The monoisotopic (exact) mass is 448 g/mol. The van der Waals surface area contributed by atoms with Crippen LogP contribution in [0.3, 0.4) is 0 Å². The Hall–Kier alpha value is -3.65. The molecule has 1 unspecified atom stereocenters. The molecular weight excluding hydrogens is 420 g/mol. The first-order valence-electron chi connectivity index (χ1n) is 11.0. The van der Waals surface area contributed by atoms with Gasteiger partial charge in [0.15, 0.2) is 6.10 Å². The molecule has 8 nitrogen and oxygen atoms in total. The molecule has 2 aromatic carbocycles. The zero-order chi connectivity index (χ0) is 23.4. The molecule has 1 aromatic heterocycles. The van der Waals surface area contributed by atoms with E-state index >= 15 is 0 Å². The fraction of sp³-hybridized carbons (Fsp3) is 0.320. The molecular formula is C25H28N4O4. The summed E-state index contributed by atoms with van der Waals surface area (Å²) in [6.07, 6.45) is -0.938. The minimum atomic E-state index is -0.938. The molecule has 172 valence electrons. The molecule has 33 heavy (non-hydrogen) atoms. The Bertz CT molecular complexity index is 1120. The topological polar surface area (TPSA) is 85.7 Å².